The first-order chi connectivity index (χ1) is 13.0. The molecule has 140 valence electrons. The van der Waals surface area contributed by atoms with E-state index >= 15 is 0 Å². The van der Waals surface area contributed by atoms with Crippen molar-refractivity contribution >= 4 is 17.3 Å². The van der Waals surface area contributed by atoms with Gasteiger partial charge in [0.2, 0.25) is 0 Å². The number of carboxylic acid groups (broad SMARTS) is 1. The lowest BCUT2D eigenvalue weighted by Gasteiger charge is -2.19. The van der Waals surface area contributed by atoms with Crippen LogP contribution in [0.3, 0.4) is 0 Å². The van der Waals surface area contributed by atoms with Crippen LogP contribution in [0.4, 0.5) is 0 Å². The SMILES string of the molecule is CC1(C(=O)O)CCN(Cc2cn(Cc3ccccc3)nc2-c2cccs2)C1. The molecule has 1 fully saturated rings. The van der Waals surface area contributed by atoms with Gasteiger partial charge in [0.1, 0.15) is 5.69 Å². The second-order valence-corrected chi connectivity index (χ2v) is 8.44. The minimum atomic E-state index is -0.705. The summed E-state index contributed by atoms with van der Waals surface area (Å²) in [5.41, 5.74) is 2.72. The molecule has 0 radical (unpaired) electrons. The minimum absolute atomic E-state index is 0.579. The fraction of sp³-hybridized carbons (Fsp3) is 0.333. The van der Waals surface area contributed by atoms with Crippen molar-refractivity contribution in [3.8, 4) is 10.6 Å². The molecule has 4 rings (SSSR count). The van der Waals surface area contributed by atoms with Crippen LogP contribution in [-0.4, -0.2) is 38.8 Å². The van der Waals surface area contributed by atoms with Crippen molar-refractivity contribution < 1.29 is 9.90 Å². The normalized spacial score (nSPS) is 20.2. The molecule has 0 bridgehead atoms. The van der Waals surface area contributed by atoms with Crippen LogP contribution in [0.15, 0.2) is 54.0 Å². The Labute approximate surface area is 162 Å². The lowest BCUT2D eigenvalue weighted by Crippen LogP contribution is -2.31. The second kappa shape index (κ2) is 7.29. The Morgan fingerprint density at radius 3 is 2.70 bits per heavy atom. The van der Waals surface area contributed by atoms with E-state index in [4.69, 9.17) is 5.10 Å². The first kappa shape index (κ1) is 17.9. The molecule has 1 aliphatic rings. The zero-order valence-corrected chi connectivity index (χ0v) is 16.2. The summed E-state index contributed by atoms with van der Waals surface area (Å²) in [6, 6.07) is 14.4. The van der Waals surface area contributed by atoms with Crippen molar-refractivity contribution in [3.63, 3.8) is 0 Å². The minimum Gasteiger partial charge on any atom is -0.481 e. The highest BCUT2D eigenvalue weighted by atomic mass is 32.1. The van der Waals surface area contributed by atoms with Crippen molar-refractivity contribution in [1.82, 2.24) is 14.7 Å². The molecule has 3 heterocycles. The van der Waals surface area contributed by atoms with E-state index in [0.717, 1.165) is 35.8 Å². The maximum Gasteiger partial charge on any atom is 0.310 e. The summed E-state index contributed by atoms with van der Waals surface area (Å²) in [5.74, 6) is -0.705. The zero-order valence-electron chi connectivity index (χ0n) is 15.3. The Bertz CT molecular complexity index is 920. The second-order valence-electron chi connectivity index (χ2n) is 7.49. The predicted molar refractivity (Wildman–Crippen MR) is 107 cm³/mol. The highest BCUT2D eigenvalue weighted by Crippen LogP contribution is 2.33. The molecule has 1 saturated heterocycles. The molecule has 1 unspecified atom stereocenters. The number of thiophene rings is 1. The average molecular weight is 382 g/mol. The van der Waals surface area contributed by atoms with Gasteiger partial charge in [-0.15, -0.1) is 11.3 Å². The van der Waals surface area contributed by atoms with Gasteiger partial charge in [-0.05, 0) is 36.9 Å². The molecule has 0 saturated carbocycles. The summed E-state index contributed by atoms with van der Waals surface area (Å²) in [4.78, 5) is 14.9. The van der Waals surface area contributed by atoms with Crippen LogP contribution in [0.25, 0.3) is 10.6 Å². The Morgan fingerprint density at radius 1 is 1.22 bits per heavy atom. The summed E-state index contributed by atoms with van der Waals surface area (Å²) >= 11 is 1.68. The van der Waals surface area contributed by atoms with Gasteiger partial charge in [0.25, 0.3) is 0 Å². The molecule has 0 spiro atoms. The van der Waals surface area contributed by atoms with Gasteiger partial charge in [-0.2, -0.15) is 5.10 Å². The number of likely N-dealkylation sites (tertiary alicyclic amines) is 1. The van der Waals surface area contributed by atoms with Crippen LogP contribution >= 0.6 is 11.3 Å². The first-order valence-electron chi connectivity index (χ1n) is 9.13. The van der Waals surface area contributed by atoms with Crippen molar-refractivity contribution in [2.45, 2.75) is 26.4 Å². The van der Waals surface area contributed by atoms with Crippen LogP contribution in [0.5, 0.6) is 0 Å². The zero-order chi connectivity index (χ0) is 18.9. The number of rotatable bonds is 6. The smallest absolute Gasteiger partial charge is 0.310 e. The van der Waals surface area contributed by atoms with E-state index in [1.54, 1.807) is 11.3 Å². The molecule has 1 N–H and O–H groups in total. The third-order valence-electron chi connectivity index (χ3n) is 5.24. The number of hydrogen-bond donors (Lipinski definition) is 1. The molecule has 27 heavy (non-hydrogen) atoms. The van der Waals surface area contributed by atoms with Gasteiger partial charge in [0, 0.05) is 24.8 Å². The van der Waals surface area contributed by atoms with Gasteiger partial charge in [0.15, 0.2) is 0 Å². The summed E-state index contributed by atoms with van der Waals surface area (Å²) < 4.78 is 1.99. The van der Waals surface area contributed by atoms with E-state index in [0.29, 0.717) is 13.0 Å². The number of aromatic nitrogens is 2. The standard InChI is InChI=1S/C21H23N3O2S/c1-21(20(25)26)9-10-23(15-21)13-17-14-24(12-16-6-3-2-4-7-16)22-19(17)18-8-5-11-27-18/h2-8,11,14H,9-10,12-13,15H2,1H3,(H,25,26). The maximum atomic E-state index is 11.5. The average Bonchev–Trinajstić information content (AvgIpc) is 3.37. The summed E-state index contributed by atoms with van der Waals surface area (Å²) in [6.07, 6.45) is 2.80. The molecule has 0 aliphatic carbocycles. The fourth-order valence-corrected chi connectivity index (χ4v) is 4.40. The topological polar surface area (TPSA) is 58.4 Å². The number of benzene rings is 1. The monoisotopic (exact) mass is 381 g/mol. The number of aliphatic carboxylic acids is 1. The molecule has 2 aromatic heterocycles. The van der Waals surface area contributed by atoms with Gasteiger partial charge in [-0.25, -0.2) is 0 Å². The van der Waals surface area contributed by atoms with E-state index in [-0.39, 0.29) is 0 Å². The highest BCUT2D eigenvalue weighted by molar-refractivity contribution is 7.13. The van der Waals surface area contributed by atoms with Gasteiger partial charge < -0.3 is 5.11 Å². The van der Waals surface area contributed by atoms with Crippen molar-refractivity contribution in [2.24, 2.45) is 5.41 Å². The van der Waals surface area contributed by atoms with E-state index in [1.807, 2.05) is 35.9 Å². The van der Waals surface area contributed by atoms with Crippen molar-refractivity contribution in [3.05, 3.63) is 65.2 Å². The van der Waals surface area contributed by atoms with Crippen molar-refractivity contribution in [2.75, 3.05) is 13.1 Å². The largest absolute Gasteiger partial charge is 0.481 e. The van der Waals surface area contributed by atoms with Gasteiger partial charge in [0.05, 0.1) is 16.8 Å². The third kappa shape index (κ3) is 3.82. The number of hydrogen-bond acceptors (Lipinski definition) is 4. The van der Waals surface area contributed by atoms with E-state index in [1.165, 1.54) is 5.56 Å². The molecule has 0 amide bonds. The van der Waals surface area contributed by atoms with E-state index < -0.39 is 11.4 Å². The van der Waals surface area contributed by atoms with Crippen LogP contribution < -0.4 is 0 Å². The number of carboxylic acids is 1. The molecule has 5 nitrogen and oxygen atoms in total. The number of carbonyl (C=O) groups is 1. The van der Waals surface area contributed by atoms with E-state index in [2.05, 4.69) is 34.7 Å². The summed E-state index contributed by atoms with van der Waals surface area (Å²) in [7, 11) is 0. The molecular formula is C21H23N3O2S. The molecule has 3 aromatic rings. The molecule has 1 atom stereocenters. The van der Waals surface area contributed by atoms with Crippen LogP contribution in [0.2, 0.25) is 0 Å². The fourth-order valence-electron chi connectivity index (χ4n) is 3.66. The Morgan fingerprint density at radius 2 is 2.04 bits per heavy atom. The Hall–Kier alpha value is -2.44. The predicted octanol–water partition coefficient (Wildman–Crippen LogP) is 3.96. The van der Waals surface area contributed by atoms with Crippen LogP contribution in [-0.2, 0) is 17.9 Å². The Balaban J connectivity index is 1.58. The molecule has 1 aliphatic heterocycles. The van der Waals surface area contributed by atoms with Crippen LogP contribution in [0, 0.1) is 5.41 Å². The third-order valence-corrected chi connectivity index (χ3v) is 6.12. The van der Waals surface area contributed by atoms with Gasteiger partial charge in [-0.1, -0.05) is 36.4 Å². The first-order valence-corrected chi connectivity index (χ1v) is 10.0. The summed E-state index contributed by atoms with van der Waals surface area (Å²) in [5, 5.41) is 16.4. The molecule has 1 aromatic carbocycles. The van der Waals surface area contributed by atoms with E-state index in [9.17, 15) is 9.90 Å². The highest BCUT2D eigenvalue weighted by Gasteiger charge is 2.40. The Kier molecular flexibility index (Phi) is 4.85. The lowest BCUT2D eigenvalue weighted by molar-refractivity contribution is -0.147. The molecule has 6 heteroatoms. The molecular weight excluding hydrogens is 358 g/mol. The lowest BCUT2D eigenvalue weighted by atomic mass is 9.90. The van der Waals surface area contributed by atoms with Crippen molar-refractivity contribution in [1.29, 1.82) is 0 Å². The maximum absolute atomic E-state index is 11.5. The number of nitrogens with zero attached hydrogens (tertiary/aromatic N) is 3. The quantitative estimate of drug-likeness (QED) is 0.702. The summed E-state index contributed by atoms with van der Waals surface area (Å²) in [6.45, 7) is 4.68. The van der Waals surface area contributed by atoms with Crippen LogP contribution in [0.1, 0.15) is 24.5 Å². The van der Waals surface area contributed by atoms with Gasteiger partial charge in [-0.3, -0.25) is 14.4 Å². The van der Waals surface area contributed by atoms with Gasteiger partial charge >= 0.3 is 5.97 Å².